The molecule has 2 heterocycles. The second-order valence-electron chi connectivity index (χ2n) is 6.52. The highest BCUT2D eigenvalue weighted by atomic mass is 32.2. The summed E-state index contributed by atoms with van der Waals surface area (Å²) < 4.78 is 30.2. The minimum atomic E-state index is -3.97. The smallest absolute Gasteiger partial charge is 0.316 e. The molecule has 0 atom stereocenters. The van der Waals surface area contributed by atoms with Gasteiger partial charge in [-0.1, -0.05) is 6.07 Å². The number of hydrogen-bond acceptors (Lipinski definition) is 8. The van der Waals surface area contributed by atoms with E-state index >= 15 is 0 Å². The van der Waals surface area contributed by atoms with E-state index in [0.717, 1.165) is 22.0 Å². The first kappa shape index (κ1) is 22.0. The van der Waals surface area contributed by atoms with Crippen LogP contribution in [0.4, 0.5) is 4.79 Å². The van der Waals surface area contributed by atoms with Crippen LogP contribution >= 0.6 is 11.8 Å². The number of carbonyl (C=O) groups excluding carboxylic acids is 3. The van der Waals surface area contributed by atoms with Crippen LogP contribution in [0.15, 0.2) is 30.5 Å². The van der Waals surface area contributed by atoms with Crippen molar-refractivity contribution in [2.24, 2.45) is 0 Å². The van der Waals surface area contributed by atoms with E-state index in [9.17, 15) is 22.8 Å². The van der Waals surface area contributed by atoms with Gasteiger partial charge in [0.1, 0.15) is 0 Å². The first-order valence-electron chi connectivity index (χ1n) is 8.93. The molecule has 3 rings (SSSR count). The number of hydrogen-bond donors (Lipinski definition) is 2. The zero-order valence-electron chi connectivity index (χ0n) is 15.7. The summed E-state index contributed by atoms with van der Waals surface area (Å²) in [5, 5.41) is 3.80. The predicted octanol–water partition coefficient (Wildman–Crippen LogP) is 1.65. The third kappa shape index (κ3) is 6.15. The van der Waals surface area contributed by atoms with Crippen molar-refractivity contribution in [2.45, 2.75) is 25.1 Å². The molecule has 0 spiro atoms. The Bertz CT molecular complexity index is 1070. The van der Waals surface area contributed by atoms with Crippen molar-refractivity contribution < 1.29 is 32.2 Å². The van der Waals surface area contributed by atoms with Crippen LogP contribution in [0.5, 0.6) is 0 Å². The molecule has 12 heteroatoms. The van der Waals surface area contributed by atoms with Crippen LogP contribution in [0.25, 0.3) is 10.9 Å². The number of nitrogens with one attached hydrogen (secondary N) is 1. The second-order valence-corrected chi connectivity index (χ2v) is 9.20. The first-order chi connectivity index (χ1) is 14.2. The highest BCUT2D eigenvalue weighted by Crippen LogP contribution is 2.19. The predicted molar refractivity (Wildman–Crippen MR) is 109 cm³/mol. The maximum Gasteiger partial charge on any atom is 0.432 e. The summed E-state index contributed by atoms with van der Waals surface area (Å²) in [7, 11) is -3.97. The molecule has 2 aromatic rings. The van der Waals surface area contributed by atoms with Crippen molar-refractivity contribution in [3.8, 4) is 0 Å². The molecular formula is C18H19N3O7S2. The molecule has 0 aliphatic carbocycles. The molecule has 3 amide bonds. The SMILES string of the molecule is O=C(NCc1ccc2ncc(CSCCS(=O)(=O)O)cc2c1)ON1C(=O)CCC1=O. The lowest BCUT2D eigenvalue weighted by Crippen LogP contribution is -2.36. The molecule has 1 saturated heterocycles. The molecule has 2 N–H and O–H groups in total. The fourth-order valence-electron chi connectivity index (χ4n) is 2.72. The monoisotopic (exact) mass is 453 g/mol. The van der Waals surface area contributed by atoms with Gasteiger partial charge in [-0.3, -0.25) is 19.1 Å². The molecular weight excluding hydrogens is 434 g/mol. The Hall–Kier alpha value is -2.70. The molecule has 0 unspecified atom stereocenters. The summed E-state index contributed by atoms with van der Waals surface area (Å²) in [5.74, 6) is -0.599. The van der Waals surface area contributed by atoms with Crippen molar-refractivity contribution in [3.63, 3.8) is 0 Å². The van der Waals surface area contributed by atoms with Crippen LogP contribution in [0.2, 0.25) is 0 Å². The van der Waals surface area contributed by atoms with E-state index in [1.807, 2.05) is 12.1 Å². The molecule has 1 fully saturated rings. The number of rotatable bonds is 8. The Balaban J connectivity index is 1.56. The zero-order chi connectivity index (χ0) is 21.7. The summed E-state index contributed by atoms with van der Waals surface area (Å²) >= 11 is 1.36. The minimum absolute atomic E-state index is 0.0280. The van der Waals surface area contributed by atoms with Gasteiger partial charge < -0.3 is 10.2 Å². The maximum absolute atomic E-state index is 11.8. The third-order valence-electron chi connectivity index (χ3n) is 4.17. The Morgan fingerprint density at radius 2 is 1.90 bits per heavy atom. The number of aromatic nitrogens is 1. The highest BCUT2D eigenvalue weighted by molar-refractivity contribution is 7.99. The van der Waals surface area contributed by atoms with E-state index in [1.165, 1.54) is 11.8 Å². The lowest BCUT2D eigenvalue weighted by Gasteiger charge is -2.13. The van der Waals surface area contributed by atoms with Gasteiger partial charge in [0.2, 0.25) is 0 Å². The molecule has 1 aliphatic heterocycles. The number of pyridine rings is 1. The van der Waals surface area contributed by atoms with Crippen LogP contribution in [0.1, 0.15) is 24.0 Å². The van der Waals surface area contributed by atoms with Crippen molar-refractivity contribution in [1.82, 2.24) is 15.4 Å². The van der Waals surface area contributed by atoms with Crippen LogP contribution in [-0.4, -0.2) is 52.4 Å². The lowest BCUT2D eigenvalue weighted by molar-refractivity contribution is -0.171. The molecule has 0 saturated carbocycles. The largest absolute Gasteiger partial charge is 0.432 e. The van der Waals surface area contributed by atoms with E-state index < -0.39 is 28.0 Å². The number of hydroxylamine groups is 2. The number of imide groups is 1. The van der Waals surface area contributed by atoms with Gasteiger partial charge in [-0.15, -0.1) is 5.06 Å². The molecule has 1 aromatic carbocycles. The number of fused-ring (bicyclic) bond motifs is 1. The normalized spacial score (nSPS) is 14.4. The van der Waals surface area contributed by atoms with E-state index in [0.29, 0.717) is 10.8 Å². The summed E-state index contributed by atoms with van der Waals surface area (Å²) in [4.78, 5) is 43.9. The number of amides is 3. The maximum atomic E-state index is 11.8. The molecule has 0 bridgehead atoms. The van der Waals surface area contributed by atoms with Crippen molar-refractivity contribution in [1.29, 1.82) is 0 Å². The Kier molecular flexibility index (Phi) is 6.90. The van der Waals surface area contributed by atoms with Gasteiger partial charge in [0.05, 0.1) is 11.3 Å². The van der Waals surface area contributed by atoms with Gasteiger partial charge in [0.25, 0.3) is 21.9 Å². The van der Waals surface area contributed by atoms with Gasteiger partial charge in [0.15, 0.2) is 0 Å². The zero-order valence-corrected chi connectivity index (χ0v) is 17.4. The fraction of sp³-hybridized carbons (Fsp3) is 0.333. The van der Waals surface area contributed by atoms with Crippen LogP contribution in [0, 0.1) is 0 Å². The summed E-state index contributed by atoms with van der Waals surface area (Å²) in [6.45, 7) is 0.123. The average molecular weight is 453 g/mol. The first-order valence-corrected chi connectivity index (χ1v) is 11.7. The van der Waals surface area contributed by atoms with Crippen LogP contribution < -0.4 is 5.32 Å². The fourth-order valence-corrected chi connectivity index (χ4v) is 4.57. The number of benzene rings is 1. The van der Waals surface area contributed by atoms with Gasteiger partial charge in [-0.25, -0.2) is 4.79 Å². The number of carbonyl (C=O) groups is 3. The topological polar surface area (TPSA) is 143 Å². The quantitative estimate of drug-likeness (QED) is 0.346. The van der Waals surface area contributed by atoms with Crippen LogP contribution in [-0.2, 0) is 36.8 Å². The summed E-state index contributed by atoms with van der Waals surface area (Å²) in [6, 6.07) is 7.32. The summed E-state index contributed by atoms with van der Waals surface area (Å²) in [5.41, 5.74) is 2.40. The van der Waals surface area contributed by atoms with Crippen LogP contribution in [0.3, 0.4) is 0 Å². The van der Waals surface area contributed by atoms with E-state index in [1.54, 1.807) is 18.3 Å². The van der Waals surface area contributed by atoms with E-state index in [4.69, 9.17) is 9.39 Å². The van der Waals surface area contributed by atoms with E-state index in [-0.39, 0.29) is 30.9 Å². The molecule has 30 heavy (non-hydrogen) atoms. The Labute approximate surface area is 176 Å². The van der Waals surface area contributed by atoms with Gasteiger partial charge >= 0.3 is 6.09 Å². The summed E-state index contributed by atoms with van der Waals surface area (Å²) in [6.07, 6.45) is 0.851. The molecule has 1 aliphatic rings. The van der Waals surface area contributed by atoms with Crippen molar-refractivity contribution in [3.05, 3.63) is 41.6 Å². The lowest BCUT2D eigenvalue weighted by atomic mass is 10.1. The van der Waals surface area contributed by atoms with E-state index in [2.05, 4.69) is 10.3 Å². The Morgan fingerprint density at radius 3 is 2.60 bits per heavy atom. The molecule has 160 valence electrons. The second kappa shape index (κ2) is 9.41. The molecule has 0 radical (unpaired) electrons. The minimum Gasteiger partial charge on any atom is -0.316 e. The van der Waals surface area contributed by atoms with Gasteiger partial charge in [0, 0.05) is 42.5 Å². The van der Waals surface area contributed by atoms with Gasteiger partial charge in [-0.2, -0.15) is 20.2 Å². The highest BCUT2D eigenvalue weighted by Gasteiger charge is 2.32. The Morgan fingerprint density at radius 1 is 1.20 bits per heavy atom. The standard InChI is InChI=1S/C18H19N3O7S2/c22-16-3-4-17(23)21(16)28-18(24)20-9-12-1-2-15-14(7-12)8-13(10-19-15)11-29-5-6-30(25,26)27/h1-2,7-8,10H,3-6,9,11H2,(H,20,24)(H,25,26,27). The van der Waals surface area contributed by atoms with Crippen molar-refractivity contribution >= 4 is 50.7 Å². The third-order valence-corrected chi connectivity index (χ3v) is 6.18. The molecule has 10 nitrogen and oxygen atoms in total. The number of thioether (sulfide) groups is 1. The average Bonchev–Trinajstić information content (AvgIpc) is 3.00. The van der Waals surface area contributed by atoms with Gasteiger partial charge in [-0.05, 0) is 29.3 Å². The molecule has 1 aromatic heterocycles. The number of nitrogens with zero attached hydrogens (tertiary/aromatic N) is 2. The van der Waals surface area contributed by atoms with Crippen molar-refractivity contribution in [2.75, 3.05) is 11.5 Å².